The summed E-state index contributed by atoms with van der Waals surface area (Å²) in [4.78, 5) is 25.9. The van der Waals surface area contributed by atoms with Crippen molar-refractivity contribution in [3.05, 3.63) is 34.4 Å². The van der Waals surface area contributed by atoms with Gasteiger partial charge in [0.05, 0.1) is 12.2 Å². The molecule has 0 atom stereocenters. The van der Waals surface area contributed by atoms with Crippen LogP contribution in [0.2, 0.25) is 0 Å². The molecule has 0 aliphatic carbocycles. The van der Waals surface area contributed by atoms with Crippen LogP contribution in [0.15, 0.2) is 12.1 Å². The third kappa shape index (κ3) is 4.03. The molecule has 1 aromatic carbocycles. The molecule has 1 aromatic rings. The van der Waals surface area contributed by atoms with Gasteiger partial charge in [0.2, 0.25) is 0 Å². The number of amides is 1. The summed E-state index contributed by atoms with van der Waals surface area (Å²) < 4.78 is 10.5. The smallest absolute Gasteiger partial charge is 0.410 e. The molecule has 126 valence electrons. The fourth-order valence-electron chi connectivity index (χ4n) is 2.75. The molecule has 1 aliphatic rings. The Balaban J connectivity index is 2.18. The lowest BCUT2D eigenvalue weighted by Crippen LogP contribution is -2.40. The number of hydrogen-bond donors (Lipinski definition) is 0. The molecule has 5 heteroatoms. The minimum absolute atomic E-state index is 0.289. The summed E-state index contributed by atoms with van der Waals surface area (Å²) in [6.07, 6.45) is 0.420. The van der Waals surface area contributed by atoms with Gasteiger partial charge < -0.3 is 14.4 Å². The van der Waals surface area contributed by atoms with E-state index in [0.29, 0.717) is 31.7 Å². The van der Waals surface area contributed by atoms with E-state index in [4.69, 9.17) is 9.47 Å². The van der Waals surface area contributed by atoms with Gasteiger partial charge in [0.15, 0.2) is 0 Å². The van der Waals surface area contributed by atoms with Crippen molar-refractivity contribution in [2.24, 2.45) is 0 Å². The third-order valence-corrected chi connectivity index (χ3v) is 3.84. The molecule has 1 heterocycles. The second-order valence-corrected chi connectivity index (χ2v) is 6.75. The van der Waals surface area contributed by atoms with Crippen molar-refractivity contribution in [2.45, 2.75) is 53.2 Å². The zero-order valence-corrected chi connectivity index (χ0v) is 14.6. The molecule has 23 heavy (non-hydrogen) atoms. The van der Waals surface area contributed by atoms with Crippen molar-refractivity contribution in [3.8, 4) is 0 Å². The number of ether oxygens (including phenoxy) is 2. The highest BCUT2D eigenvalue weighted by atomic mass is 16.6. The van der Waals surface area contributed by atoms with Gasteiger partial charge >= 0.3 is 12.1 Å². The van der Waals surface area contributed by atoms with Gasteiger partial charge in [-0.1, -0.05) is 6.07 Å². The van der Waals surface area contributed by atoms with E-state index in [2.05, 4.69) is 0 Å². The molecular formula is C18H25NO4. The summed E-state index contributed by atoms with van der Waals surface area (Å²) in [5.74, 6) is -0.289. The lowest BCUT2D eigenvalue weighted by Gasteiger charge is -2.32. The van der Waals surface area contributed by atoms with Gasteiger partial charge in [0, 0.05) is 13.1 Å². The number of carbonyl (C=O) groups excluding carboxylic acids is 2. The van der Waals surface area contributed by atoms with E-state index in [-0.39, 0.29) is 12.1 Å². The van der Waals surface area contributed by atoms with Gasteiger partial charge in [-0.05, 0) is 63.8 Å². The number of fused-ring (bicyclic) bond motifs is 1. The summed E-state index contributed by atoms with van der Waals surface area (Å²) in [6.45, 7) is 10.8. The predicted molar refractivity (Wildman–Crippen MR) is 87.5 cm³/mol. The van der Waals surface area contributed by atoms with Crippen LogP contribution in [-0.4, -0.2) is 35.7 Å². The first-order valence-electron chi connectivity index (χ1n) is 7.99. The van der Waals surface area contributed by atoms with E-state index in [1.165, 1.54) is 0 Å². The van der Waals surface area contributed by atoms with Gasteiger partial charge in [0.1, 0.15) is 5.60 Å². The summed E-state index contributed by atoms with van der Waals surface area (Å²) in [5.41, 5.74) is 3.25. The maximum absolute atomic E-state index is 12.2. The summed E-state index contributed by atoms with van der Waals surface area (Å²) in [5, 5.41) is 0. The third-order valence-electron chi connectivity index (χ3n) is 3.84. The van der Waals surface area contributed by atoms with Crippen LogP contribution >= 0.6 is 0 Å². The topological polar surface area (TPSA) is 55.8 Å². The molecule has 0 radical (unpaired) electrons. The normalized spacial score (nSPS) is 14.2. The lowest BCUT2D eigenvalue weighted by molar-refractivity contribution is 0.0223. The molecule has 0 saturated carbocycles. The summed E-state index contributed by atoms with van der Waals surface area (Å²) >= 11 is 0. The Morgan fingerprint density at radius 1 is 1.26 bits per heavy atom. The summed E-state index contributed by atoms with van der Waals surface area (Å²) in [6, 6.07) is 3.69. The highest BCUT2D eigenvalue weighted by Gasteiger charge is 2.27. The van der Waals surface area contributed by atoms with Crippen molar-refractivity contribution >= 4 is 12.1 Å². The van der Waals surface area contributed by atoms with E-state index in [9.17, 15) is 9.59 Å². The first-order chi connectivity index (χ1) is 10.7. The second-order valence-electron chi connectivity index (χ2n) is 6.75. The Bertz CT molecular complexity index is 616. The van der Waals surface area contributed by atoms with Crippen molar-refractivity contribution in [1.82, 2.24) is 4.90 Å². The SMILES string of the molecule is CCOC(=O)c1ccc2c(c1C)CCN(C(=O)OC(C)(C)C)C2. The molecule has 0 spiro atoms. The molecule has 1 amide bonds. The van der Waals surface area contributed by atoms with Crippen LogP contribution in [-0.2, 0) is 22.4 Å². The average Bonchev–Trinajstić information content (AvgIpc) is 2.45. The minimum atomic E-state index is -0.499. The zero-order valence-electron chi connectivity index (χ0n) is 14.6. The van der Waals surface area contributed by atoms with Gasteiger partial charge in [0.25, 0.3) is 0 Å². The van der Waals surface area contributed by atoms with E-state index in [1.807, 2.05) is 33.8 Å². The van der Waals surface area contributed by atoms with Crippen LogP contribution < -0.4 is 0 Å². The van der Waals surface area contributed by atoms with Gasteiger partial charge in [-0.2, -0.15) is 0 Å². The van der Waals surface area contributed by atoms with E-state index in [0.717, 1.165) is 16.7 Å². The number of benzene rings is 1. The first kappa shape index (κ1) is 17.3. The highest BCUT2D eigenvalue weighted by molar-refractivity contribution is 5.91. The molecular weight excluding hydrogens is 294 g/mol. The maximum atomic E-state index is 12.2. The minimum Gasteiger partial charge on any atom is -0.462 e. The first-order valence-corrected chi connectivity index (χ1v) is 7.99. The van der Waals surface area contributed by atoms with Crippen LogP contribution in [0.4, 0.5) is 4.79 Å². The van der Waals surface area contributed by atoms with Crippen LogP contribution in [0.3, 0.4) is 0 Å². The zero-order chi connectivity index (χ0) is 17.2. The summed E-state index contributed by atoms with van der Waals surface area (Å²) in [7, 11) is 0. The van der Waals surface area contributed by atoms with Crippen LogP contribution in [0.5, 0.6) is 0 Å². The number of carbonyl (C=O) groups is 2. The van der Waals surface area contributed by atoms with E-state index in [1.54, 1.807) is 17.9 Å². The van der Waals surface area contributed by atoms with E-state index >= 15 is 0 Å². The standard InChI is InChI=1S/C18H25NO4/c1-6-22-16(20)15-8-7-13-11-19(10-9-14(13)12(15)2)17(21)23-18(3,4)5/h7-8H,6,9-11H2,1-5H3. The Morgan fingerprint density at radius 2 is 1.96 bits per heavy atom. The highest BCUT2D eigenvalue weighted by Crippen LogP contribution is 2.26. The fourth-order valence-corrected chi connectivity index (χ4v) is 2.75. The van der Waals surface area contributed by atoms with Gasteiger partial charge in [-0.25, -0.2) is 9.59 Å². The number of nitrogens with zero attached hydrogens (tertiary/aromatic N) is 1. The number of esters is 1. The monoisotopic (exact) mass is 319 g/mol. The Hall–Kier alpha value is -2.04. The molecule has 5 nitrogen and oxygen atoms in total. The van der Waals surface area contributed by atoms with Crippen molar-refractivity contribution in [2.75, 3.05) is 13.2 Å². The van der Waals surface area contributed by atoms with Crippen LogP contribution in [0.25, 0.3) is 0 Å². The quantitative estimate of drug-likeness (QED) is 0.783. The molecule has 0 aromatic heterocycles. The molecule has 0 bridgehead atoms. The second kappa shape index (κ2) is 6.60. The Kier molecular flexibility index (Phi) is 4.97. The van der Waals surface area contributed by atoms with Crippen LogP contribution in [0.1, 0.15) is 54.7 Å². The Morgan fingerprint density at radius 3 is 2.57 bits per heavy atom. The van der Waals surface area contributed by atoms with Crippen LogP contribution in [0, 0.1) is 6.92 Å². The molecule has 0 N–H and O–H groups in total. The molecule has 0 unspecified atom stereocenters. The average molecular weight is 319 g/mol. The molecule has 0 fully saturated rings. The lowest BCUT2D eigenvalue weighted by atomic mass is 9.92. The van der Waals surface area contributed by atoms with Crippen molar-refractivity contribution in [1.29, 1.82) is 0 Å². The number of hydrogen-bond acceptors (Lipinski definition) is 4. The van der Waals surface area contributed by atoms with E-state index < -0.39 is 5.60 Å². The van der Waals surface area contributed by atoms with Gasteiger partial charge in [-0.3, -0.25) is 0 Å². The predicted octanol–water partition coefficient (Wildman–Crippen LogP) is 3.46. The number of rotatable bonds is 2. The largest absolute Gasteiger partial charge is 0.462 e. The Labute approximate surface area is 137 Å². The maximum Gasteiger partial charge on any atom is 0.410 e. The van der Waals surface area contributed by atoms with Gasteiger partial charge in [-0.15, -0.1) is 0 Å². The van der Waals surface area contributed by atoms with Crippen molar-refractivity contribution < 1.29 is 19.1 Å². The van der Waals surface area contributed by atoms with Crippen molar-refractivity contribution in [3.63, 3.8) is 0 Å². The molecule has 0 saturated heterocycles. The fraction of sp³-hybridized carbons (Fsp3) is 0.556. The molecule has 1 aliphatic heterocycles. The molecule has 2 rings (SSSR count).